The quantitative estimate of drug-likeness (QED) is 0.673. The number of nitrogens with one attached hydrogen (secondary N) is 1. The molecular formula is C11H16N4O. The van der Waals surface area contributed by atoms with Crippen LogP contribution in [0.25, 0.3) is 0 Å². The van der Waals surface area contributed by atoms with E-state index < -0.39 is 0 Å². The van der Waals surface area contributed by atoms with Crippen molar-refractivity contribution in [3.05, 3.63) is 0 Å². The summed E-state index contributed by atoms with van der Waals surface area (Å²) in [6.07, 6.45) is 2.40. The van der Waals surface area contributed by atoms with Crippen molar-refractivity contribution in [2.24, 2.45) is 5.92 Å². The van der Waals surface area contributed by atoms with Gasteiger partial charge in [0, 0.05) is 6.42 Å². The number of nitrogens with zero attached hydrogens (tertiary/aromatic N) is 3. The predicted octanol–water partition coefficient (Wildman–Crippen LogP) is 0.252. The molecule has 0 radical (unpaired) electrons. The van der Waals surface area contributed by atoms with Crippen molar-refractivity contribution in [2.75, 3.05) is 26.2 Å². The Hall–Kier alpha value is -1.59. The molecule has 0 aromatic rings. The van der Waals surface area contributed by atoms with Gasteiger partial charge in [0.15, 0.2) is 0 Å². The van der Waals surface area contributed by atoms with E-state index in [1.807, 2.05) is 12.1 Å². The fourth-order valence-corrected chi connectivity index (χ4v) is 1.85. The Morgan fingerprint density at radius 1 is 1.38 bits per heavy atom. The Morgan fingerprint density at radius 2 is 2.06 bits per heavy atom. The maximum absolute atomic E-state index is 11.7. The second kappa shape index (κ2) is 6.81. The molecule has 0 aliphatic carbocycles. The van der Waals surface area contributed by atoms with Gasteiger partial charge < -0.3 is 10.2 Å². The summed E-state index contributed by atoms with van der Waals surface area (Å²) < 4.78 is 0. The van der Waals surface area contributed by atoms with Crippen LogP contribution in [0.1, 0.15) is 19.3 Å². The summed E-state index contributed by atoms with van der Waals surface area (Å²) in [5, 5.41) is 20.3. The molecule has 0 spiro atoms. The smallest absolute Gasteiger partial charge is 0.224 e. The minimum Gasteiger partial charge on any atom is -0.316 e. The van der Waals surface area contributed by atoms with Crippen LogP contribution in [-0.2, 0) is 4.79 Å². The molecule has 1 aliphatic heterocycles. The third-order valence-electron chi connectivity index (χ3n) is 2.80. The van der Waals surface area contributed by atoms with Gasteiger partial charge in [-0.25, -0.2) is 0 Å². The molecule has 16 heavy (non-hydrogen) atoms. The summed E-state index contributed by atoms with van der Waals surface area (Å²) in [7, 11) is 0. The minimum absolute atomic E-state index is 0.00924. The van der Waals surface area contributed by atoms with Crippen LogP contribution < -0.4 is 5.32 Å². The van der Waals surface area contributed by atoms with E-state index in [0.29, 0.717) is 12.3 Å². The Kier molecular flexibility index (Phi) is 5.31. The van der Waals surface area contributed by atoms with Gasteiger partial charge >= 0.3 is 0 Å². The van der Waals surface area contributed by atoms with Crippen LogP contribution in [0.15, 0.2) is 0 Å². The molecule has 0 saturated carbocycles. The number of amides is 1. The number of hydrogen-bond donors (Lipinski definition) is 1. The van der Waals surface area contributed by atoms with E-state index in [1.54, 1.807) is 0 Å². The van der Waals surface area contributed by atoms with Crippen LogP contribution in [-0.4, -0.2) is 37.0 Å². The van der Waals surface area contributed by atoms with Gasteiger partial charge in [-0.1, -0.05) is 0 Å². The first-order valence-corrected chi connectivity index (χ1v) is 5.50. The van der Waals surface area contributed by atoms with E-state index >= 15 is 0 Å². The number of hydrogen-bond acceptors (Lipinski definition) is 4. The second-order valence-electron chi connectivity index (χ2n) is 3.96. The molecule has 1 aliphatic rings. The lowest BCUT2D eigenvalue weighted by Gasteiger charge is -2.16. The predicted molar refractivity (Wildman–Crippen MR) is 58.0 cm³/mol. The largest absolute Gasteiger partial charge is 0.316 e. The molecule has 5 nitrogen and oxygen atoms in total. The number of nitriles is 2. The maximum Gasteiger partial charge on any atom is 0.224 e. The fourth-order valence-electron chi connectivity index (χ4n) is 1.85. The molecule has 0 bridgehead atoms. The first kappa shape index (κ1) is 12.5. The van der Waals surface area contributed by atoms with Gasteiger partial charge in [-0.15, -0.1) is 0 Å². The normalized spacial score (nSPS) is 18.8. The Balaban J connectivity index is 2.31. The molecule has 86 valence electrons. The zero-order valence-electron chi connectivity index (χ0n) is 9.28. The minimum atomic E-state index is -0.0880. The lowest BCUT2D eigenvalue weighted by molar-refractivity contribution is -0.130. The summed E-state index contributed by atoms with van der Waals surface area (Å²) in [5.41, 5.74) is 0. The third-order valence-corrected chi connectivity index (χ3v) is 2.80. The highest BCUT2D eigenvalue weighted by Gasteiger charge is 2.18. The van der Waals surface area contributed by atoms with E-state index in [0.717, 1.165) is 25.9 Å². The fraction of sp³-hybridized carbons (Fsp3) is 0.727. The SMILES string of the molecule is N#CCN(CC#N)C(=O)CCC1CCNC1. The van der Waals surface area contributed by atoms with Gasteiger partial charge in [-0.05, 0) is 31.8 Å². The van der Waals surface area contributed by atoms with Crippen molar-refractivity contribution in [1.29, 1.82) is 10.5 Å². The Labute approximate surface area is 95.6 Å². The molecular weight excluding hydrogens is 204 g/mol. The number of carbonyl (C=O) groups excluding carboxylic acids is 1. The molecule has 1 saturated heterocycles. The Morgan fingerprint density at radius 3 is 2.56 bits per heavy atom. The van der Waals surface area contributed by atoms with E-state index in [4.69, 9.17) is 10.5 Å². The Bertz CT molecular complexity index is 293. The van der Waals surface area contributed by atoms with Crippen LogP contribution in [0.3, 0.4) is 0 Å². The molecule has 1 N–H and O–H groups in total. The molecule has 1 fully saturated rings. The highest BCUT2D eigenvalue weighted by Crippen LogP contribution is 2.14. The molecule has 0 aromatic carbocycles. The van der Waals surface area contributed by atoms with Crippen molar-refractivity contribution in [2.45, 2.75) is 19.3 Å². The van der Waals surface area contributed by atoms with E-state index in [-0.39, 0.29) is 19.0 Å². The van der Waals surface area contributed by atoms with Gasteiger partial charge in [-0.2, -0.15) is 10.5 Å². The van der Waals surface area contributed by atoms with Crippen molar-refractivity contribution in [3.8, 4) is 12.1 Å². The van der Waals surface area contributed by atoms with Crippen molar-refractivity contribution < 1.29 is 4.79 Å². The topological polar surface area (TPSA) is 79.9 Å². The van der Waals surface area contributed by atoms with Crippen molar-refractivity contribution in [3.63, 3.8) is 0 Å². The van der Waals surface area contributed by atoms with Crippen LogP contribution in [0.5, 0.6) is 0 Å². The molecule has 0 aromatic heterocycles. The maximum atomic E-state index is 11.7. The van der Waals surface area contributed by atoms with Gasteiger partial charge in [0.25, 0.3) is 0 Å². The second-order valence-corrected chi connectivity index (χ2v) is 3.96. The molecule has 1 atom stereocenters. The summed E-state index contributed by atoms with van der Waals surface area (Å²) >= 11 is 0. The average molecular weight is 220 g/mol. The van der Waals surface area contributed by atoms with Crippen molar-refractivity contribution >= 4 is 5.91 Å². The number of carbonyl (C=O) groups is 1. The highest BCUT2D eigenvalue weighted by atomic mass is 16.2. The van der Waals surface area contributed by atoms with Gasteiger partial charge in [0.05, 0.1) is 12.1 Å². The summed E-state index contributed by atoms with van der Waals surface area (Å²) in [6, 6.07) is 3.81. The molecule has 5 heteroatoms. The summed E-state index contributed by atoms with van der Waals surface area (Å²) in [6.45, 7) is 2.02. The first-order chi connectivity index (χ1) is 7.77. The summed E-state index contributed by atoms with van der Waals surface area (Å²) in [5.74, 6) is 0.477. The standard InChI is InChI=1S/C11H16N4O/c12-4-7-15(8-5-13)11(16)2-1-10-3-6-14-9-10/h10,14H,1-3,6-9H2. The van der Waals surface area contributed by atoms with E-state index in [9.17, 15) is 4.79 Å². The van der Waals surface area contributed by atoms with Gasteiger partial charge in [0.1, 0.15) is 13.1 Å². The zero-order valence-corrected chi connectivity index (χ0v) is 9.28. The van der Waals surface area contributed by atoms with Crippen LogP contribution in [0.2, 0.25) is 0 Å². The van der Waals surface area contributed by atoms with Gasteiger partial charge in [0.2, 0.25) is 5.91 Å². The van der Waals surface area contributed by atoms with Crippen LogP contribution >= 0.6 is 0 Å². The highest BCUT2D eigenvalue weighted by molar-refractivity contribution is 5.76. The monoisotopic (exact) mass is 220 g/mol. The van der Waals surface area contributed by atoms with Crippen molar-refractivity contribution in [1.82, 2.24) is 10.2 Å². The van der Waals surface area contributed by atoms with Crippen LogP contribution in [0, 0.1) is 28.6 Å². The summed E-state index contributed by atoms with van der Waals surface area (Å²) in [4.78, 5) is 13.0. The first-order valence-electron chi connectivity index (χ1n) is 5.50. The van der Waals surface area contributed by atoms with E-state index in [2.05, 4.69) is 5.32 Å². The average Bonchev–Trinajstić information content (AvgIpc) is 2.78. The number of rotatable bonds is 5. The van der Waals surface area contributed by atoms with Crippen LogP contribution in [0.4, 0.5) is 0 Å². The lowest BCUT2D eigenvalue weighted by atomic mass is 10.0. The van der Waals surface area contributed by atoms with Gasteiger partial charge in [-0.3, -0.25) is 4.79 Å². The molecule has 1 unspecified atom stereocenters. The molecule has 1 heterocycles. The zero-order chi connectivity index (χ0) is 11.8. The van der Waals surface area contributed by atoms with E-state index in [1.165, 1.54) is 4.90 Å². The lowest BCUT2D eigenvalue weighted by Crippen LogP contribution is -2.32. The third kappa shape index (κ3) is 3.88. The molecule has 1 rings (SSSR count). The molecule has 1 amide bonds.